The minimum absolute atomic E-state index is 0.101. The molecular weight excluding hydrogens is 408 g/mol. The molecule has 0 aliphatic carbocycles. The van der Waals surface area contributed by atoms with Crippen LogP contribution < -0.4 is 10.1 Å². The summed E-state index contributed by atoms with van der Waals surface area (Å²) in [5, 5.41) is 12.6. The molecule has 8 heteroatoms. The number of hydrogen-bond acceptors (Lipinski definition) is 5. The number of ether oxygens (including phenoxy) is 1. The summed E-state index contributed by atoms with van der Waals surface area (Å²) in [6.45, 7) is 6.51. The molecular formula is C21H21ClN4O2S. The number of carbonyl (C=O) groups excluding carboxylic acids is 1. The van der Waals surface area contributed by atoms with Gasteiger partial charge in [0.2, 0.25) is 5.91 Å². The number of nitrogens with one attached hydrogen (secondary N) is 1. The van der Waals surface area contributed by atoms with Crippen LogP contribution in [0.1, 0.15) is 11.4 Å². The predicted octanol–water partition coefficient (Wildman–Crippen LogP) is 4.74. The predicted molar refractivity (Wildman–Crippen MR) is 117 cm³/mol. The number of rotatable bonds is 9. The molecule has 0 unspecified atom stereocenters. The Hall–Kier alpha value is -2.77. The number of carbonyl (C=O) groups is 1. The van der Waals surface area contributed by atoms with Gasteiger partial charge in [-0.25, -0.2) is 0 Å². The van der Waals surface area contributed by atoms with Crippen LogP contribution in [0, 0.1) is 6.92 Å². The van der Waals surface area contributed by atoms with Gasteiger partial charge in [-0.1, -0.05) is 47.6 Å². The summed E-state index contributed by atoms with van der Waals surface area (Å²) >= 11 is 7.21. The van der Waals surface area contributed by atoms with Crippen molar-refractivity contribution in [2.45, 2.75) is 25.2 Å². The van der Waals surface area contributed by atoms with Crippen LogP contribution in [0.3, 0.4) is 0 Å². The van der Waals surface area contributed by atoms with Crippen LogP contribution in [0.5, 0.6) is 5.75 Å². The van der Waals surface area contributed by atoms with Crippen LogP contribution in [0.15, 0.2) is 66.3 Å². The number of amides is 1. The van der Waals surface area contributed by atoms with E-state index in [4.69, 9.17) is 16.3 Å². The maximum atomic E-state index is 12.3. The van der Waals surface area contributed by atoms with Gasteiger partial charge >= 0.3 is 0 Å². The van der Waals surface area contributed by atoms with E-state index in [-0.39, 0.29) is 18.3 Å². The van der Waals surface area contributed by atoms with E-state index in [1.165, 1.54) is 11.8 Å². The van der Waals surface area contributed by atoms with Gasteiger partial charge in [0, 0.05) is 17.3 Å². The highest BCUT2D eigenvalue weighted by Gasteiger charge is 2.14. The summed E-state index contributed by atoms with van der Waals surface area (Å²) in [7, 11) is 0. The van der Waals surface area contributed by atoms with Crippen molar-refractivity contribution < 1.29 is 9.53 Å². The maximum Gasteiger partial charge on any atom is 0.234 e. The molecule has 1 N–H and O–H groups in total. The van der Waals surface area contributed by atoms with Gasteiger partial charge in [-0.3, -0.25) is 9.36 Å². The number of thioether (sulfide) groups is 1. The number of halogens is 1. The first-order valence-electron chi connectivity index (χ1n) is 8.96. The minimum Gasteiger partial charge on any atom is -0.486 e. The highest BCUT2D eigenvalue weighted by atomic mass is 35.5. The molecule has 2 aromatic carbocycles. The first-order chi connectivity index (χ1) is 14.1. The van der Waals surface area contributed by atoms with Crippen molar-refractivity contribution >= 4 is 35.0 Å². The molecule has 0 bridgehead atoms. The van der Waals surface area contributed by atoms with E-state index in [2.05, 4.69) is 22.1 Å². The summed E-state index contributed by atoms with van der Waals surface area (Å²) in [6.07, 6.45) is 1.76. The Bertz CT molecular complexity index is 989. The van der Waals surface area contributed by atoms with E-state index >= 15 is 0 Å². The van der Waals surface area contributed by atoms with Crippen LogP contribution in [-0.4, -0.2) is 26.4 Å². The van der Waals surface area contributed by atoms with Crippen molar-refractivity contribution in [1.82, 2.24) is 14.8 Å². The van der Waals surface area contributed by atoms with Gasteiger partial charge in [0.25, 0.3) is 0 Å². The lowest BCUT2D eigenvalue weighted by Gasteiger charge is -2.10. The van der Waals surface area contributed by atoms with Gasteiger partial charge < -0.3 is 10.1 Å². The topological polar surface area (TPSA) is 69.0 Å². The fourth-order valence-corrected chi connectivity index (χ4v) is 3.45. The number of aromatic nitrogens is 3. The van der Waals surface area contributed by atoms with Gasteiger partial charge in [-0.2, -0.15) is 0 Å². The molecule has 0 aliphatic rings. The molecule has 0 saturated heterocycles. The molecule has 1 amide bonds. The van der Waals surface area contributed by atoms with E-state index in [9.17, 15) is 4.79 Å². The zero-order valence-electron chi connectivity index (χ0n) is 16.0. The summed E-state index contributed by atoms with van der Waals surface area (Å²) in [5.74, 6) is 1.47. The van der Waals surface area contributed by atoms with E-state index in [1.54, 1.807) is 30.3 Å². The van der Waals surface area contributed by atoms with Crippen molar-refractivity contribution in [3.05, 3.63) is 77.6 Å². The maximum absolute atomic E-state index is 12.3. The average molecular weight is 429 g/mol. The molecule has 6 nitrogen and oxygen atoms in total. The van der Waals surface area contributed by atoms with Crippen molar-refractivity contribution in [1.29, 1.82) is 0 Å². The molecule has 0 radical (unpaired) electrons. The van der Waals surface area contributed by atoms with Gasteiger partial charge in [0.05, 0.1) is 5.75 Å². The number of nitrogens with zero attached hydrogens (tertiary/aromatic N) is 3. The summed E-state index contributed by atoms with van der Waals surface area (Å²) in [4.78, 5) is 12.3. The van der Waals surface area contributed by atoms with Crippen molar-refractivity contribution in [3.8, 4) is 5.75 Å². The highest BCUT2D eigenvalue weighted by molar-refractivity contribution is 7.99. The number of allylic oxidation sites excluding steroid dienone is 1. The van der Waals surface area contributed by atoms with Crippen molar-refractivity contribution in [2.75, 3.05) is 11.1 Å². The zero-order valence-corrected chi connectivity index (χ0v) is 17.5. The molecule has 29 heavy (non-hydrogen) atoms. The Balaban J connectivity index is 1.61. The second kappa shape index (κ2) is 10.1. The summed E-state index contributed by atoms with van der Waals surface area (Å²) < 4.78 is 7.64. The van der Waals surface area contributed by atoms with E-state index in [0.717, 1.165) is 11.3 Å². The van der Waals surface area contributed by atoms with Crippen LogP contribution in [0.25, 0.3) is 0 Å². The van der Waals surface area contributed by atoms with Gasteiger partial charge in [-0.15, -0.1) is 16.8 Å². The monoisotopic (exact) mass is 428 g/mol. The molecule has 0 aliphatic heterocycles. The molecule has 0 spiro atoms. The molecule has 0 saturated carbocycles. The smallest absolute Gasteiger partial charge is 0.234 e. The lowest BCUT2D eigenvalue weighted by atomic mass is 10.2. The van der Waals surface area contributed by atoms with Crippen LogP contribution in [-0.2, 0) is 17.9 Å². The molecule has 0 atom stereocenters. The van der Waals surface area contributed by atoms with E-state index in [0.29, 0.717) is 28.3 Å². The Morgan fingerprint density at radius 3 is 2.72 bits per heavy atom. The van der Waals surface area contributed by atoms with E-state index < -0.39 is 0 Å². The third-order valence-electron chi connectivity index (χ3n) is 4.04. The fraction of sp³-hybridized carbons (Fsp3) is 0.190. The second-order valence-corrected chi connectivity index (χ2v) is 7.57. The molecule has 1 heterocycles. The Labute approximate surface area is 178 Å². The normalized spacial score (nSPS) is 10.6. The lowest BCUT2D eigenvalue weighted by molar-refractivity contribution is -0.113. The minimum atomic E-state index is -0.101. The lowest BCUT2D eigenvalue weighted by Crippen LogP contribution is -2.15. The summed E-state index contributed by atoms with van der Waals surface area (Å²) in [5.41, 5.74) is 1.82. The van der Waals surface area contributed by atoms with Crippen LogP contribution >= 0.6 is 23.4 Å². The molecule has 1 aromatic heterocycles. The summed E-state index contributed by atoms with van der Waals surface area (Å²) in [6, 6.07) is 14.8. The second-order valence-electron chi connectivity index (χ2n) is 6.19. The van der Waals surface area contributed by atoms with Crippen molar-refractivity contribution in [2.24, 2.45) is 0 Å². The number of aryl methyl sites for hydroxylation is 1. The third-order valence-corrected chi connectivity index (χ3v) is 5.26. The number of benzene rings is 2. The van der Waals surface area contributed by atoms with Gasteiger partial charge in [-0.05, 0) is 42.8 Å². The largest absolute Gasteiger partial charge is 0.486 e. The Morgan fingerprint density at radius 2 is 2.00 bits per heavy atom. The number of para-hydroxylation sites is 1. The van der Waals surface area contributed by atoms with Gasteiger partial charge in [0.1, 0.15) is 12.4 Å². The number of hydrogen-bond donors (Lipinski definition) is 1. The van der Waals surface area contributed by atoms with Crippen LogP contribution in [0.2, 0.25) is 5.02 Å². The quantitative estimate of drug-likeness (QED) is 0.394. The van der Waals surface area contributed by atoms with Crippen molar-refractivity contribution in [3.63, 3.8) is 0 Å². The average Bonchev–Trinajstić information content (AvgIpc) is 3.10. The first-order valence-corrected chi connectivity index (χ1v) is 10.3. The third kappa shape index (κ3) is 5.85. The van der Waals surface area contributed by atoms with Gasteiger partial charge in [0.15, 0.2) is 11.0 Å². The molecule has 150 valence electrons. The zero-order chi connectivity index (χ0) is 20.6. The standard InChI is InChI=1S/C21H21ClN4O2S/c1-3-12-26-19(13-28-17-10-8-16(22)9-11-17)24-25-21(26)29-14-20(27)23-18-7-5-4-6-15(18)2/h3-11H,1,12-14H2,2H3,(H,23,27). The fourth-order valence-electron chi connectivity index (χ4n) is 2.55. The number of anilines is 1. The highest BCUT2D eigenvalue weighted by Crippen LogP contribution is 2.21. The molecule has 3 rings (SSSR count). The Morgan fingerprint density at radius 1 is 1.24 bits per heavy atom. The first kappa shape index (κ1) is 21.0. The Kier molecular flexibility index (Phi) is 7.32. The van der Waals surface area contributed by atoms with E-state index in [1.807, 2.05) is 35.8 Å². The van der Waals surface area contributed by atoms with Crippen LogP contribution in [0.4, 0.5) is 5.69 Å². The molecule has 3 aromatic rings. The molecule has 0 fully saturated rings. The SMILES string of the molecule is C=CCn1c(COc2ccc(Cl)cc2)nnc1SCC(=O)Nc1ccccc1C.